The molecule has 0 saturated carbocycles. The number of ether oxygens (including phenoxy) is 1. The Morgan fingerprint density at radius 2 is 2.20 bits per heavy atom. The number of guanidine groups is 1. The van der Waals surface area contributed by atoms with Crippen LogP contribution in [0.25, 0.3) is 0 Å². The molecule has 6 nitrogen and oxygen atoms in total. The average molecular weight is 303 g/mol. The normalized spacial score (nSPS) is 12.2. The first kappa shape index (κ1) is 16.2. The third kappa shape index (κ3) is 5.87. The number of rotatable bonds is 6. The molecular weight excluding hydrogens is 285 g/mol. The molecule has 20 heavy (non-hydrogen) atoms. The Bertz CT molecular complexity index is 588. The van der Waals surface area contributed by atoms with Gasteiger partial charge in [0.1, 0.15) is 9.84 Å². The summed E-state index contributed by atoms with van der Waals surface area (Å²) in [6.45, 7) is 0.282. The van der Waals surface area contributed by atoms with Gasteiger partial charge in [0.15, 0.2) is 17.5 Å². The predicted molar refractivity (Wildman–Crippen MR) is 77.4 cm³/mol. The quantitative estimate of drug-likeness (QED) is 0.464. The van der Waals surface area contributed by atoms with Gasteiger partial charge in [-0.1, -0.05) is 0 Å². The van der Waals surface area contributed by atoms with Crippen LogP contribution in [0, 0.1) is 5.82 Å². The van der Waals surface area contributed by atoms with Gasteiger partial charge in [0.05, 0.1) is 12.9 Å². The zero-order valence-electron chi connectivity index (χ0n) is 11.4. The first-order valence-electron chi connectivity index (χ1n) is 5.90. The molecule has 0 unspecified atom stereocenters. The summed E-state index contributed by atoms with van der Waals surface area (Å²) < 4.78 is 40.1. The second-order valence-corrected chi connectivity index (χ2v) is 6.48. The number of methoxy groups -OCH3 is 1. The van der Waals surface area contributed by atoms with Crippen LogP contribution in [-0.4, -0.2) is 40.0 Å². The maximum atomic E-state index is 13.4. The Labute approximate surface area is 117 Å². The zero-order chi connectivity index (χ0) is 15.2. The highest BCUT2D eigenvalue weighted by atomic mass is 32.2. The third-order valence-electron chi connectivity index (χ3n) is 2.38. The minimum atomic E-state index is -2.99. The van der Waals surface area contributed by atoms with Crippen LogP contribution in [0.5, 0.6) is 5.75 Å². The Balaban J connectivity index is 2.53. The van der Waals surface area contributed by atoms with E-state index in [0.717, 1.165) is 0 Å². The van der Waals surface area contributed by atoms with E-state index < -0.39 is 15.7 Å². The molecule has 1 aromatic rings. The van der Waals surface area contributed by atoms with Crippen LogP contribution in [0.4, 0.5) is 10.1 Å². The van der Waals surface area contributed by atoms with Crippen LogP contribution in [0.2, 0.25) is 0 Å². The number of halogens is 1. The molecule has 0 atom stereocenters. The molecule has 0 aliphatic rings. The van der Waals surface area contributed by atoms with E-state index in [1.807, 2.05) is 0 Å². The third-order valence-corrected chi connectivity index (χ3v) is 3.41. The summed E-state index contributed by atoms with van der Waals surface area (Å²) in [5, 5.41) is 2.71. The van der Waals surface area contributed by atoms with Crippen molar-refractivity contribution in [2.45, 2.75) is 6.42 Å². The first-order chi connectivity index (χ1) is 9.31. The number of nitrogens with one attached hydrogen (secondary N) is 1. The molecule has 0 spiro atoms. The van der Waals surface area contributed by atoms with Crippen LogP contribution in [-0.2, 0) is 9.84 Å². The van der Waals surface area contributed by atoms with Crippen LogP contribution in [0.3, 0.4) is 0 Å². The lowest BCUT2D eigenvalue weighted by Crippen LogP contribution is -2.23. The summed E-state index contributed by atoms with van der Waals surface area (Å²) in [4.78, 5) is 3.96. The second-order valence-electron chi connectivity index (χ2n) is 4.22. The summed E-state index contributed by atoms with van der Waals surface area (Å²) >= 11 is 0. The van der Waals surface area contributed by atoms with Crippen molar-refractivity contribution in [3.8, 4) is 5.75 Å². The highest BCUT2D eigenvalue weighted by molar-refractivity contribution is 7.90. The van der Waals surface area contributed by atoms with Crippen LogP contribution in [0.1, 0.15) is 6.42 Å². The van der Waals surface area contributed by atoms with Crippen molar-refractivity contribution >= 4 is 21.5 Å². The smallest absolute Gasteiger partial charge is 0.193 e. The van der Waals surface area contributed by atoms with Gasteiger partial charge in [-0.05, 0) is 18.6 Å². The molecule has 0 amide bonds. The second kappa shape index (κ2) is 7.09. The maximum absolute atomic E-state index is 13.4. The van der Waals surface area contributed by atoms with Gasteiger partial charge in [-0.25, -0.2) is 12.8 Å². The van der Waals surface area contributed by atoms with Crippen LogP contribution in [0.15, 0.2) is 23.2 Å². The van der Waals surface area contributed by atoms with E-state index in [0.29, 0.717) is 12.1 Å². The number of hydrogen-bond donors (Lipinski definition) is 2. The molecule has 0 radical (unpaired) electrons. The summed E-state index contributed by atoms with van der Waals surface area (Å²) in [6, 6.07) is 4.30. The average Bonchev–Trinajstić information content (AvgIpc) is 2.34. The number of nitrogens with zero attached hydrogens (tertiary/aromatic N) is 1. The van der Waals surface area contributed by atoms with E-state index in [1.54, 1.807) is 6.07 Å². The van der Waals surface area contributed by atoms with E-state index in [2.05, 4.69) is 10.3 Å². The molecule has 0 saturated heterocycles. The molecule has 0 heterocycles. The molecule has 0 fully saturated rings. The maximum Gasteiger partial charge on any atom is 0.193 e. The lowest BCUT2D eigenvalue weighted by Gasteiger charge is -2.07. The number of aliphatic imine (C=N–C) groups is 1. The highest BCUT2D eigenvalue weighted by Crippen LogP contribution is 2.20. The van der Waals surface area contributed by atoms with Gasteiger partial charge in [-0.15, -0.1) is 0 Å². The largest absolute Gasteiger partial charge is 0.494 e. The fraction of sp³-hybridized carbons (Fsp3) is 0.417. The number of anilines is 1. The van der Waals surface area contributed by atoms with Crippen molar-refractivity contribution in [3.63, 3.8) is 0 Å². The van der Waals surface area contributed by atoms with Gasteiger partial charge in [0, 0.05) is 24.6 Å². The molecule has 8 heteroatoms. The number of nitrogens with two attached hydrogens (primary N) is 1. The molecule has 0 aliphatic carbocycles. The fourth-order valence-corrected chi connectivity index (χ4v) is 2.11. The van der Waals surface area contributed by atoms with E-state index >= 15 is 0 Å². The zero-order valence-corrected chi connectivity index (χ0v) is 12.2. The van der Waals surface area contributed by atoms with E-state index in [4.69, 9.17) is 10.5 Å². The van der Waals surface area contributed by atoms with E-state index in [1.165, 1.54) is 25.5 Å². The lowest BCUT2D eigenvalue weighted by molar-refractivity contribution is 0.387. The summed E-state index contributed by atoms with van der Waals surface area (Å²) in [5.41, 5.74) is 6.05. The molecule has 1 aromatic carbocycles. The van der Waals surface area contributed by atoms with E-state index in [9.17, 15) is 12.8 Å². The lowest BCUT2D eigenvalue weighted by atomic mass is 10.3. The van der Waals surface area contributed by atoms with Crippen LogP contribution >= 0.6 is 0 Å². The van der Waals surface area contributed by atoms with Crippen molar-refractivity contribution in [3.05, 3.63) is 24.0 Å². The Hall–Kier alpha value is -1.83. The molecule has 0 aromatic heterocycles. The molecule has 3 N–H and O–H groups in total. The van der Waals surface area contributed by atoms with Gasteiger partial charge in [-0.3, -0.25) is 4.99 Å². The van der Waals surface area contributed by atoms with Gasteiger partial charge in [0.25, 0.3) is 0 Å². The molecule has 112 valence electrons. The van der Waals surface area contributed by atoms with Crippen molar-refractivity contribution in [1.29, 1.82) is 0 Å². The highest BCUT2D eigenvalue weighted by Gasteiger charge is 2.04. The molecule has 1 rings (SSSR count). The number of sulfone groups is 1. The van der Waals surface area contributed by atoms with Crippen molar-refractivity contribution in [2.75, 3.05) is 31.0 Å². The Kier molecular flexibility index (Phi) is 5.75. The number of benzene rings is 1. The summed E-state index contributed by atoms with van der Waals surface area (Å²) in [5.74, 6) is -0.217. The molecular formula is C12H18FN3O3S. The van der Waals surface area contributed by atoms with Gasteiger partial charge in [-0.2, -0.15) is 0 Å². The van der Waals surface area contributed by atoms with Crippen LogP contribution < -0.4 is 15.8 Å². The minimum Gasteiger partial charge on any atom is -0.494 e. The van der Waals surface area contributed by atoms with Crippen molar-refractivity contribution in [1.82, 2.24) is 0 Å². The SMILES string of the molecule is COc1ccc(NC(N)=NCCCS(C)(=O)=O)cc1F. The molecule has 0 bridgehead atoms. The summed E-state index contributed by atoms with van der Waals surface area (Å²) in [7, 11) is -1.61. The van der Waals surface area contributed by atoms with Gasteiger partial charge < -0.3 is 15.8 Å². The predicted octanol–water partition coefficient (Wildman–Crippen LogP) is 0.996. The van der Waals surface area contributed by atoms with Crippen molar-refractivity contribution in [2.24, 2.45) is 10.7 Å². The number of hydrogen-bond acceptors (Lipinski definition) is 4. The van der Waals surface area contributed by atoms with Gasteiger partial charge >= 0.3 is 0 Å². The Morgan fingerprint density at radius 1 is 1.50 bits per heavy atom. The molecule has 0 aliphatic heterocycles. The van der Waals surface area contributed by atoms with Gasteiger partial charge in [0.2, 0.25) is 0 Å². The standard InChI is InChI=1S/C12H18FN3O3S/c1-19-11-5-4-9(8-10(11)13)16-12(14)15-6-3-7-20(2,17)18/h4-5,8H,3,6-7H2,1-2H3,(H3,14,15,16). The van der Waals surface area contributed by atoms with Crippen molar-refractivity contribution < 1.29 is 17.5 Å². The first-order valence-corrected chi connectivity index (χ1v) is 7.96. The Morgan fingerprint density at radius 3 is 2.75 bits per heavy atom. The fourth-order valence-electron chi connectivity index (χ4n) is 1.46. The van der Waals surface area contributed by atoms with E-state index in [-0.39, 0.29) is 24.0 Å². The topological polar surface area (TPSA) is 93.8 Å². The minimum absolute atomic E-state index is 0.0565. The summed E-state index contributed by atoms with van der Waals surface area (Å²) in [6.07, 6.45) is 1.55. The monoisotopic (exact) mass is 303 g/mol.